The van der Waals surface area contributed by atoms with Gasteiger partial charge in [-0.05, 0) is 87.5 Å². The van der Waals surface area contributed by atoms with Crippen molar-refractivity contribution in [1.29, 1.82) is 0 Å². The van der Waals surface area contributed by atoms with Gasteiger partial charge in [-0.15, -0.1) is 0 Å². The number of amides is 2. The van der Waals surface area contributed by atoms with Gasteiger partial charge in [0, 0.05) is 11.3 Å². The Morgan fingerprint density at radius 3 is 1.88 bits per heavy atom. The van der Waals surface area contributed by atoms with E-state index in [1.54, 1.807) is 12.1 Å². The second-order valence-electron chi connectivity index (χ2n) is 17.8. The van der Waals surface area contributed by atoms with Crippen LogP contribution in [0.25, 0.3) is 16.8 Å². The standard InChI is InChI=1S/C51H51F6NO6Si/c1-5-31(24-32-21-23-43(60)40-19-13-12-18-39(32)40)20-22-44(61)45-33(30-64-65(49(2,3)4,37-14-8-6-9-15-37)38-16-10-7-11-17-38)25-41-46(42(45)29-59)48(63)58(47(41)62)36-27-34(50(52,53)54)26-35(28-36)51(55,56)57/h6-19,21,23-24,26-28,41-42,44,46,59-61H,5,20,22,25,29-30H2,1-4H3/b31-24+/t41-,42+,44-,46-/m1/s1. The van der Waals surface area contributed by atoms with Crippen LogP contribution in [-0.2, 0) is 26.4 Å². The van der Waals surface area contributed by atoms with Gasteiger partial charge in [0.05, 0.1) is 48.0 Å². The lowest BCUT2D eigenvalue weighted by atomic mass is 9.68. The van der Waals surface area contributed by atoms with Crippen molar-refractivity contribution in [2.75, 3.05) is 18.1 Å². The second-order valence-corrected chi connectivity index (χ2v) is 22.1. The van der Waals surface area contributed by atoms with Crippen LogP contribution in [0, 0.1) is 17.8 Å². The third-order valence-corrected chi connectivity index (χ3v) is 17.9. The van der Waals surface area contributed by atoms with Crippen molar-refractivity contribution in [2.24, 2.45) is 17.8 Å². The topological polar surface area (TPSA) is 107 Å². The van der Waals surface area contributed by atoms with Crippen LogP contribution in [0.2, 0.25) is 5.04 Å². The number of carbonyl (C=O) groups excluding carboxylic acids is 2. The molecule has 1 aliphatic heterocycles. The number of phenolic OH excluding ortho intramolecular Hbond substituents is 1. The van der Waals surface area contributed by atoms with E-state index in [2.05, 4.69) is 20.8 Å². The zero-order chi connectivity index (χ0) is 47.1. The molecule has 65 heavy (non-hydrogen) atoms. The Bertz CT molecular complexity index is 2550. The first-order valence-corrected chi connectivity index (χ1v) is 23.4. The normalized spacial score (nSPS) is 19.3. The van der Waals surface area contributed by atoms with Gasteiger partial charge in [0.15, 0.2) is 0 Å². The third-order valence-electron chi connectivity index (χ3n) is 12.9. The van der Waals surface area contributed by atoms with Gasteiger partial charge in [0.1, 0.15) is 5.75 Å². The molecule has 0 bridgehead atoms. The van der Waals surface area contributed by atoms with E-state index in [9.17, 15) is 51.3 Å². The predicted molar refractivity (Wildman–Crippen MR) is 241 cm³/mol. The number of phenols is 1. The maximum absolute atomic E-state index is 14.5. The number of rotatable bonds is 13. The Kier molecular flexibility index (Phi) is 13.4. The number of fused-ring (bicyclic) bond motifs is 2. The van der Waals surface area contributed by atoms with Crippen LogP contribution >= 0.6 is 0 Å². The molecule has 3 N–H and O–H groups in total. The summed E-state index contributed by atoms with van der Waals surface area (Å²) in [7, 11) is -3.30. The highest BCUT2D eigenvalue weighted by molar-refractivity contribution is 6.99. The lowest BCUT2D eigenvalue weighted by Crippen LogP contribution is -2.66. The van der Waals surface area contributed by atoms with E-state index in [0.717, 1.165) is 26.9 Å². The van der Waals surface area contributed by atoms with E-state index in [4.69, 9.17) is 4.43 Å². The number of carbonyl (C=O) groups is 2. The summed E-state index contributed by atoms with van der Waals surface area (Å²) in [5.41, 5.74) is -1.82. The number of aliphatic hydroxyl groups is 2. The Hall–Kier alpha value is -5.54. The number of anilines is 1. The summed E-state index contributed by atoms with van der Waals surface area (Å²) >= 11 is 0. The summed E-state index contributed by atoms with van der Waals surface area (Å²) in [5, 5.41) is 36.9. The molecular formula is C51H51F6NO6Si. The first-order chi connectivity index (χ1) is 30.7. The Morgan fingerprint density at radius 2 is 1.35 bits per heavy atom. The maximum Gasteiger partial charge on any atom is 0.416 e. The van der Waals surface area contributed by atoms with Crippen molar-refractivity contribution in [3.05, 3.63) is 149 Å². The van der Waals surface area contributed by atoms with Crippen molar-refractivity contribution in [3.63, 3.8) is 0 Å². The molecule has 1 aliphatic carbocycles. The van der Waals surface area contributed by atoms with Gasteiger partial charge in [-0.2, -0.15) is 26.3 Å². The highest BCUT2D eigenvalue weighted by atomic mass is 28.4. The van der Waals surface area contributed by atoms with Crippen LogP contribution in [0.3, 0.4) is 0 Å². The molecule has 2 amide bonds. The van der Waals surface area contributed by atoms with E-state index >= 15 is 0 Å². The van der Waals surface area contributed by atoms with Crippen LogP contribution in [0.5, 0.6) is 5.75 Å². The molecule has 1 saturated heterocycles. The minimum atomic E-state index is -5.24. The fourth-order valence-electron chi connectivity index (χ4n) is 9.85. The zero-order valence-corrected chi connectivity index (χ0v) is 37.4. The average molecular weight is 916 g/mol. The minimum Gasteiger partial charge on any atom is -0.507 e. The molecule has 342 valence electrons. The van der Waals surface area contributed by atoms with Gasteiger partial charge in [-0.25, -0.2) is 4.90 Å². The summed E-state index contributed by atoms with van der Waals surface area (Å²) in [6.07, 6.45) is -9.02. The molecule has 1 heterocycles. The largest absolute Gasteiger partial charge is 0.507 e. The molecule has 2 aliphatic rings. The van der Waals surface area contributed by atoms with Gasteiger partial charge in [0.2, 0.25) is 11.8 Å². The smallest absolute Gasteiger partial charge is 0.416 e. The summed E-state index contributed by atoms with van der Waals surface area (Å²) in [4.78, 5) is 29.3. The number of nitrogens with zero attached hydrogens (tertiary/aromatic N) is 1. The number of hydrogen-bond donors (Lipinski definition) is 3. The molecule has 0 unspecified atom stereocenters. The van der Waals surface area contributed by atoms with Gasteiger partial charge < -0.3 is 19.7 Å². The van der Waals surface area contributed by atoms with Crippen LogP contribution in [0.1, 0.15) is 70.1 Å². The predicted octanol–water partition coefficient (Wildman–Crippen LogP) is 10.2. The van der Waals surface area contributed by atoms with Crippen molar-refractivity contribution < 1.29 is 55.7 Å². The number of halogens is 6. The quantitative estimate of drug-likeness (QED) is 0.0470. The molecule has 0 aromatic heterocycles. The molecule has 1 fully saturated rings. The van der Waals surface area contributed by atoms with Gasteiger partial charge in [-0.3, -0.25) is 9.59 Å². The van der Waals surface area contributed by atoms with Crippen molar-refractivity contribution in [3.8, 4) is 5.75 Å². The number of allylic oxidation sites excluding steroid dienone is 1. The van der Waals surface area contributed by atoms with Crippen molar-refractivity contribution in [2.45, 2.75) is 76.9 Å². The summed E-state index contributed by atoms with van der Waals surface area (Å²) in [6, 6.07) is 30.8. The first-order valence-electron chi connectivity index (χ1n) is 21.5. The van der Waals surface area contributed by atoms with Gasteiger partial charge in [-0.1, -0.05) is 130 Å². The number of imide groups is 1. The van der Waals surface area contributed by atoms with Gasteiger partial charge in [0.25, 0.3) is 8.32 Å². The number of hydrogen-bond acceptors (Lipinski definition) is 6. The average Bonchev–Trinajstić information content (AvgIpc) is 3.52. The number of alkyl halides is 6. The van der Waals surface area contributed by atoms with E-state index in [1.807, 2.05) is 97.9 Å². The lowest BCUT2D eigenvalue weighted by molar-refractivity contribution is -0.143. The van der Waals surface area contributed by atoms with Crippen LogP contribution in [0.4, 0.5) is 32.0 Å². The first kappa shape index (κ1) is 47.4. The molecule has 7 rings (SSSR count). The minimum absolute atomic E-state index is 0.0719. The van der Waals surface area contributed by atoms with E-state index in [-0.39, 0.29) is 36.8 Å². The van der Waals surface area contributed by atoms with Gasteiger partial charge >= 0.3 is 12.4 Å². The number of benzene rings is 5. The van der Waals surface area contributed by atoms with Crippen molar-refractivity contribution in [1.82, 2.24) is 0 Å². The maximum atomic E-state index is 14.5. The van der Waals surface area contributed by atoms with Crippen LogP contribution in [0.15, 0.2) is 132 Å². The number of aliphatic hydroxyl groups excluding tert-OH is 2. The molecule has 7 nitrogen and oxygen atoms in total. The van der Waals surface area contributed by atoms with E-state index in [0.29, 0.717) is 40.8 Å². The molecule has 0 saturated carbocycles. The summed E-state index contributed by atoms with van der Waals surface area (Å²) in [6.45, 7) is 7.21. The fourth-order valence-corrected chi connectivity index (χ4v) is 14.4. The Morgan fingerprint density at radius 1 is 0.800 bits per heavy atom. The molecular weight excluding hydrogens is 865 g/mol. The third kappa shape index (κ3) is 9.18. The van der Waals surface area contributed by atoms with Crippen LogP contribution < -0.4 is 15.3 Å². The molecule has 5 aromatic rings. The Balaban J connectivity index is 1.32. The fraction of sp³-hybridized carbons (Fsp3) is 0.333. The second kappa shape index (κ2) is 18.4. The molecule has 0 spiro atoms. The number of aromatic hydroxyl groups is 1. The molecule has 5 aromatic carbocycles. The molecule has 0 radical (unpaired) electrons. The molecule has 4 atom stereocenters. The monoisotopic (exact) mass is 915 g/mol. The van der Waals surface area contributed by atoms with E-state index in [1.165, 1.54) is 0 Å². The summed E-state index contributed by atoms with van der Waals surface area (Å²) in [5.74, 6) is -5.92. The SMILES string of the molecule is CC/C(=C\c1ccc(O)c2ccccc12)CC[C@@H](O)C1=C(CO[Si](c2ccccc2)(c2ccccc2)C(C)(C)C)C[C@H]2C(=O)N(c3cc(C(F)(F)F)cc(C(F)(F)F)c3)C(=O)[C@H]2[C@H]1CO. The zero-order valence-electron chi connectivity index (χ0n) is 36.4. The lowest BCUT2D eigenvalue weighted by Gasteiger charge is -2.44. The molecule has 14 heteroatoms. The van der Waals surface area contributed by atoms with E-state index < -0.39 is 84.8 Å². The van der Waals surface area contributed by atoms with Crippen molar-refractivity contribution >= 4 is 53.0 Å². The summed E-state index contributed by atoms with van der Waals surface area (Å²) < 4.78 is 91.6. The van der Waals surface area contributed by atoms with Crippen LogP contribution in [-0.4, -0.2) is 54.8 Å². The highest BCUT2D eigenvalue weighted by Gasteiger charge is 2.57. The highest BCUT2D eigenvalue weighted by Crippen LogP contribution is 2.49. The Labute approximate surface area is 374 Å².